The van der Waals surface area contributed by atoms with Crippen LogP contribution in [0, 0.1) is 0 Å². The summed E-state index contributed by atoms with van der Waals surface area (Å²) < 4.78 is 3.06. The first-order chi connectivity index (χ1) is 8.69. The van der Waals surface area contributed by atoms with Crippen LogP contribution in [0.3, 0.4) is 0 Å². The number of aryl methyl sites for hydroxylation is 1. The lowest BCUT2D eigenvalue weighted by molar-refractivity contribution is 0.650. The first-order valence-electron chi connectivity index (χ1n) is 6.19. The molecule has 2 rings (SSSR count). The van der Waals surface area contributed by atoms with Gasteiger partial charge in [-0.15, -0.1) is 0 Å². The molecule has 0 spiro atoms. The minimum Gasteiger partial charge on any atom is -0.327 e. The molecule has 1 aromatic carbocycles. The van der Waals surface area contributed by atoms with Crippen molar-refractivity contribution in [3.05, 3.63) is 52.3 Å². The van der Waals surface area contributed by atoms with Crippen LogP contribution in [0.25, 0.3) is 0 Å². The number of nitrogens with two attached hydrogens (primary N) is 1. The van der Waals surface area contributed by atoms with Crippen LogP contribution in [-0.4, -0.2) is 15.8 Å². The summed E-state index contributed by atoms with van der Waals surface area (Å²) in [6, 6.07) is 8.35. The molecule has 0 amide bonds. The third-order valence-electron chi connectivity index (χ3n) is 2.95. The summed E-state index contributed by atoms with van der Waals surface area (Å²) in [6.07, 6.45) is 5.71. The van der Waals surface area contributed by atoms with E-state index in [0.29, 0.717) is 0 Å². The second-order valence-corrected chi connectivity index (χ2v) is 5.32. The smallest absolute Gasteiger partial charge is 0.0522 e. The molecule has 0 aliphatic rings. The van der Waals surface area contributed by atoms with Crippen LogP contribution in [0.4, 0.5) is 0 Å². The highest BCUT2D eigenvalue weighted by Crippen LogP contribution is 2.18. The van der Waals surface area contributed by atoms with Gasteiger partial charge >= 0.3 is 0 Å². The average molecular weight is 308 g/mol. The van der Waals surface area contributed by atoms with Crippen LogP contribution in [-0.2, 0) is 19.4 Å². The minimum atomic E-state index is 0.123. The van der Waals surface area contributed by atoms with Crippen molar-refractivity contribution in [1.29, 1.82) is 0 Å². The predicted octanol–water partition coefficient (Wildman–Crippen LogP) is 2.78. The Labute approximate surface area is 116 Å². The van der Waals surface area contributed by atoms with E-state index in [0.717, 1.165) is 23.9 Å². The number of benzene rings is 1. The van der Waals surface area contributed by atoms with E-state index in [1.54, 1.807) is 0 Å². The third-order valence-corrected chi connectivity index (χ3v) is 3.72. The first-order valence-corrected chi connectivity index (χ1v) is 6.98. The van der Waals surface area contributed by atoms with Crippen molar-refractivity contribution in [3.63, 3.8) is 0 Å². The molecule has 18 heavy (non-hydrogen) atoms. The maximum atomic E-state index is 6.20. The Morgan fingerprint density at radius 2 is 2.11 bits per heavy atom. The molecule has 0 radical (unpaired) electrons. The summed E-state index contributed by atoms with van der Waals surface area (Å²) in [5.41, 5.74) is 8.66. The van der Waals surface area contributed by atoms with Gasteiger partial charge in [-0.2, -0.15) is 5.10 Å². The molecular weight excluding hydrogens is 290 g/mol. The van der Waals surface area contributed by atoms with Gasteiger partial charge in [0.1, 0.15) is 0 Å². The second kappa shape index (κ2) is 6.16. The van der Waals surface area contributed by atoms with E-state index in [-0.39, 0.29) is 6.04 Å². The van der Waals surface area contributed by atoms with Crippen LogP contribution >= 0.6 is 15.9 Å². The molecule has 0 saturated heterocycles. The lowest BCUT2D eigenvalue weighted by atomic mass is 10.0. The number of halogens is 1. The van der Waals surface area contributed by atoms with Gasteiger partial charge in [0.05, 0.1) is 6.20 Å². The number of hydrogen-bond donors (Lipinski definition) is 1. The molecule has 0 aliphatic heterocycles. The van der Waals surface area contributed by atoms with E-state index < -0.39 is 0 Å². The number of hydrogen-bond acceptors (Lipinski definition) is 2. The van der Waals surface area contributed by atoms with E-state index in [9.17, 15) is 0 Å². The van der Waals surface area contributed by atoms with E-state index in [1.165, 1.54) is 11.1 Å². The molecule has 2 aromatic rings. The molecule has 1 heterocycles. The summed E-state index contributed by atoms with van der Waals surface area (Å²) >= 11 is 3.55. The molecule has 4 heteroatoms. The highest BCUT2D eigenvalue weighted by atomic mass is 79.9. The summed E-state index contributed by atoms with van der Waals surface area (Å²) in [6.45, 7) is 2.98. The molecule has 96 valence electrons. The number of aromatic nitrogens is 2. The molecule has 0 fully saturated rings. The fraction of sp³-hybridized carbons (Fsp3) is 0.357. The van der Waals surface area contributed by atoms with Crippen LogP contribution in [0.15, 0.2) is 41.1 Å². The maximum Gasteiger partial charge on any atom is 0.0522 e. The Morgan fingerprint density at radius 1 is 1.33 bits per heavy atom. The lowest BCUT2D eigenvalue weighted by Gasteiger charge is -2.11. The first kappa shape index (κ1) is 13.3. The molecule has 0 bridgehead atoms. The topological polar surface area (TPSA) is 43.8 Å². The van der Waals surface area contributed by atoms with E-state index >= 15 is 0 Å². The van der Waals surface area contributed by atoms with E-state index in [2.05, 4.69) is 46.3 Å². The zero-order chi connectivity index (χ0) is 13.0. The van der Waals surface area contributed by atoms with Gasteiger partial charge in [0.15, 0.2) is 0 Å². The molecule has 1 atom stereocenters. The van der Waals surface area contributed by atoms with Crippen LogP contribution in [0.5, 0.6) is 0 Å². The van der Waals surface area contributed by atoms with Gasteiger partial charge in [0.25, 0.3) is 0 Å². The van der Waals surface area contributed by atoms with Crippen LogP contribution in [0.2, 0.25) is 0 Å². The SMILES string of the molecule is CCn1cc(CC(N)Cc2ccccc2Br)cn1. The van der Waals surface area contributed by atoms with Crippen molar-refractivity contribution in [1.82, 2.24) is 9.78 Å². The maximum absolute atomic E-state index is 6.20. The van der Waals surface area contributed by atoms with Crippen LogP contribution < -0.4 is 5.73 Å². The summed E-state index contributed by atoms with van der Waals surface area (Å²) in [4.78, 5) is 0. The Bertz CT molecular complexity index is 507. The Balaban J connectivity index is 1.96. The van der Waals surface area contributed by atoms with Crippen LogP contribution in [0.1, 0.15) is 18.1 Å². The Hall–Kier alpha value is -1.13. The fourth-order valence-corrected chi connectivity index (χ4v) is 2.45. The van der Waals surface area contributed by atoms with E-state index in [1.807, 2.05) is 23.0 Å². The third kappa shape index (κ3) is 3.43. The van der Waals surface area contributed by atoms with Gasteiger partial charge in [-0.25, -0.2) is 0 Å². The van der Waals surface area contributed by atoms with Gasteiger partial charge < -0.3 is 5.73 Å². The second-order valence-electron chi connectivity index (χ2n) is 4.46. The summed E-state index contributed by atoms with van der Waals surface area (Å²) in [7, 11) is 0. The van der Waals surface area contributed by atoms with Crippen molar-refractivity contribution in [3.8, 4) is 0 Å². The van der Waals surface area contributed by atoms with Crippen molar-refractivity contribution in [2.75, 3.05) is 0 Å². The minimum absolute atomic E-state index is 0.123. The monoisotopic (exact) mass is 307 g/mol. The van der Waals surface area contributed by atoms with Gasteiger partial charge in [0, 0.05) is 23.3 Å². The molecule has 1 aromatic heterocycles. The normalized spacial score (nSPS) is 12.6. The summed E-state index contributed by atoms with van der Waals surface area (Å²) in [5, 5.41) is 4.26. The van der Waals surface area contributed by atoms with Gasteiger partial charge in [0.2, 0.25) is 0 Å². The van der Waals surface area contributed by atoms with Gasteiger partial charge in [-0.05, 0) is 37.0 Å². The van der Waals surface area contributed by atoms with Crippen molar-refractivity contribution < 1.29 is 0 Å². The number of nitrogens with zero attached hydrogens (tertiary/aromatic N) is 2. The molecular formula is C14H18BrN3. The van der Waals surface area contributed by atoms with Crippen molar-refractivity contribution in [2.24, 2.45) is 5.73 Å². The molecule has 0 saturated carbocycles. The van der Waals surface area contributed by atoms with Gasteiger partial charge in [-0.1, -0.05) is 34.1 Å². The summed E-state index contributed by atoms with van der Waals surface area (Å²) in [5.74, 6) is 0. The fourth-order valence-electron chi connectivity index (χ4n) is 2.01. The van der Waals surface area contributed by atoms with E-state index in [4.69, 9.17) is 5.73 Å². The largest absolute Gasteiger partial charge is 0.327 e. The van der Waals surface area contributed by atoms with Crippen molar-refractivity contribution >= 4 is 15.9 Å². The highest BCUT2D eigenvalue weighted by Gasteiger charge is 2.09. The zero-order valence-electron chi connectivity index (χ0n) is 10.5. The number of rotatable bonds is 5. The highest BCUT2D eigenvalue weighted by molar-refractivity contribution is 9.10. The Kier molecular flexibility index (Phi) is 4.55. The lowest BCUT2D eigenvalue weighted by Crippen LogP contribution is -2.25. The molecule has 2 N–H and O–H groups in total. The standard InChI is InChI=1S/C14H18BrN3/c1-2-18-10-11(9-17-18)7-13(16)8-12-5-3-4-6-14(12)15/h3-6,9-10,13H,2,7-8,16H2,1H3. The zero-order valence-corrected chi connectivity index (χ0v) is 12.1. The quantitative estimate of drug-likeness (QED) is 0.923. The predicted molar refractivity (Wildman–Crippen MR) is 77.4 cm³/mol. The van der Waals surface area contributed by atoms with Gasteiger partial charge in [-0.3, -0.25) is 4.68 Å². The molecule has 3 nitrogen and oxygen atoms in total. The molecule has 1 unspecified atom stereocenters. The molecule has 0 aliphatic carbocycles. The van der Waals surface area contributed by atoms with Crippen molar-refractivity contribution in [2.45, 2.75) is 32.4 Å². The average Bonchev–Trinajstić information content (AvgIpc) is 2.80. The Morgan fingerprint density at radius 3 is 2.78 bits per heavy atom.